The fourth-order valence-corrected chi connectivity index (χ4v) is 5.77. The second-order valence-electron chi connectivity index (χ2n) is 10.3. The maximum Gasteiger partial charge on any atom is 0.0932 e. The van der Waals surface area contributed by atoms with Gasteiger partial charge in [-0.15, -0.1) is 11.3 Å². The number of thiazole rings is 1. The van der Waals surface area contributed by atoms with Crippen LogP contribution < -0.4 is 5.73 Å². The Hall–Kier alpha value is -1.19. The van der Waals surface area contributed by atoms with Crippen molar-refractivity contribution in [3.8, 4) is 11.3 Å². The first-order valence-corrected chi connectivity index (χ1v) is 12.4. The van der Waals surface area contributed by atoms with E-state index in [2.05, 4.69) is 58.2 Å². The lowest BCUT2D eigenvalue weighted by Crippen LogP contribution is -2.33. The molecule has 2 nitrogen and oxygen atoms in total. The van der Waals surface area contributed by atoms with E-state index >= 15 is 0 Å². The van der Waals surface area contributed by atoms with Gasteiger partial charge in [-0.2, -0.15) is 0 Å². The fourth-order valence-electron chi connectivity index (χ4n) is 4.93. The molecular weight excluding hydrogens is 372 g/mol. The molecule has 1 heterocycles. The summed E-state index contributed by atoms with van der Waals surface area (Å²) in [6.45, 7) is 12.7. The van der Waals surface area contributed by atoms with E-state index in [1.165, 1.54) is 60.2 Å². The van der Waals surface area contributed by atoms with Crippen molar-refractivity contribution < 1.29 is 0 Å². The van der Waals surface area contributed by atoms with Crippen molar-refractivity contribution in [3.05, 3.63) is 39.7 Å². The van der Waals surface area contributed by atoms with Gasteiger partial charge >= 0.3 is 0 Å². The lowest BCUT2D eigenvalue weighted by atomic mass is 9.63. The van der Waals surface area contributed by atoms with E-state index in [1.807, 2.05) is 11.3 Å². The summed E-state index contributed by atoms with van der Waals surface area (Å²) in [5, 5.41) is 3.53. The van der Waals surface area contributed by atoms with E-state index in [0.717, 1.165) is 31.0 Å². The Kier molecular flexibility index (Phi) is 7.22. The van der Waals surface area contributed by atoms with Gasteiger partial charge in [0.25, 0.3) is 0 Å². The third-order valence-corrected chi connectivity index (χ3v) is 7.88. The maximum absolute atomic E-state index is 5.78. The van der Waals surface area contributed by atoms with E-state index in [0.29, 0.717) is 0 Å². The summed E-state index contributed by atoms with van der Waals surface area (Å²) in [5.74, 6) is 0.788. The number of nitrogens with two attached hydrogens (primary N) is 1. The van der Waals surface area contributed by atoms with Crippen LogP contribution in [0.2, 0.25) is 0 Å². The van der Waals surface area contributed by atoms with E-state index in [-0.39, 0.29) is 10.8 Å². The summed E-state index contributed by atoms with van der Waals surface area (Å²) >= 11 is 1.82. The number of aryl methyl sites for hydroxylation is 1. The molecule has 1 atom stereocenters. The summed E-state index contributed by atoms with van der Waals surface area (Å²) in [4.78, 5) is 5.00. The smallest absolute Gasteiger partial charge is 0.0932 e. The Morgan fingerprint density at radius 1 is 1.03 bits per heavy atom. The first kappa shape index (κ1) is 22.5. The standard InChI is InChI=1S/C26H40N2S/c1-6-8-19(13-16-27)9-7-10-24-28-23(18-29-24)20-11-12-21-22(17-20)26(4,5)15-14-25(21,2)3/h11-12,17-19H,6-10,13-16,27H2,1-5H3. The molecule has 160 valence electrons. The van der Waals surface area contributed by atoms with Crippen molar-refractivity contribution in [3.63, 3.8) is 0 Å². The minimum Gasteiger partial charge on any atom is -0.330 e. The van der Waals surface area contributed by atoms with Crippen molar-refractivity contribution >= 4 is 11.3 Å². The summed E-state index contributed by atoms with van der Waals surface area (Å²) in [5.41, 5.74) is 11.8. The Morgan fingerprint density at radius 2 is 1.76 bits per heavy atom. The van der Waals surface area contributed by atoms with Crippen LogP contribution in [-0.2, 0) is 17.3 Å². The quantitative estimate of drug-likeness (QED) is 0.471. The Bertz CT molecular complexity index is 797. The largest absolute Gasteiger partial charge is 0.330 e. The summed E-state index contributed by atoms with van der Waals surface area (Å²) in [6.07, 6.45) is 9.85. The number of hydrogen-bond donors (Lipinski definition) is 1. The molecule has 2 N–H and O–H groups in total. The van der Waals surface area contributed by atoms with Crippen LogP contribution in [-0.4, -0.2) is 11.5 Å². The van der Waals surface area contributed by atoms with Crippen molar-refractivity contribution in [2.45, 2.75) is 96.8 Å². The van der Waals surface area contributed by atoms with Gasteiger partial charge in [-0.25, -0.2) is 4.98 Å². The van der Waals surface area contributed by atoms with Crippen LogP contribution in [0.25, 0.3) is 11.3 Å². The molecule has 0 fully saturated rings. The highest BCUT2D eigenvalue weighted by molar-refractivity contribution is 7.09. The predicted octanol–water partition coefficient (Wildman–Crippen LogP) is 7.25. The van der Waals surface area contributed by atoms with Gasteiger partial charge in [0.15, 0.2) is 0 Å². The molecule has 0 amide bonds. The number of benzene rings is 1. The van der Waals surface area contributed by atoms with Gasteiger partial charge in [0.05, 0.1) is 10.7 Å². The van der Waals surface area contributed by atoms with Gasteiger partial charge in [-0.05, 0) is 79.0 Å². The van der Waals surface area contributed by atoms with Crippen LogP contribution in [0, 0.1) is 5.92 Å². The molecular formula is C26H40N2S. The molecule has 1 aliphatic carbocycles. The molecule has 0 radical (unpaired) electrons. The normalized spacial score (nSPS) is 18.4. The lowest BCUT2D eigenvalue weighted by molar-refractivity contribution is 0.332. The zero-order valence-electron chi connectivity index (χ0n) is 19.2. The number of rotatable bonds is 9. The molecule has 3 heteroatoms. The number of nitrogens with zero attached hydrogens (tertiary/aromatic N) is 1. The molecule has 0 aliphatic heterocycles. The predicted molar refractivity (Wildman–Crippen MR) is 128 cm³/mol. The molecule has 1 aliphatic rings. The molecule has 0 spiro atoms. The van der Waals surface area contributed by atoms with Crippen LogP contribution >= 0.6 is 11.3 Å². The highest BCUT2D eigenvalue weighted by Gasteiger charge is 2.37. The third kappa shape index (κ3) is 5.30. The second-order valence-corrected chi connectivity index (χ2v) is 11.2. The van der Waals surface area contributed by atoms with Crippen molar-refractivity contribution in [1.82, 2.24) is 4.98 Å². The van der Waals surface area contributed by atoms with Crippen LogP contribution in [0.1, 0.15) is 95.7 Å². The molecule has 3 rings (SSSR count). The first-order valence-electron chi connectivity index (χ1n) is 11.6. The first-order chi connectivity index (χ1) is 13.8. The zero-order chi connectivity index (χ0) is 21.1. The van der Waals surface area contributed by atoms with Crippen LogP contribution in [0.4, 0.5) is 0 Å². The average molecular weight is 413 g/mol. The van der Waals surface area contributed by atoms with E-state index in [1.54, 1.807) is 0 Å². The molecule has 1 aromatic heterocycles. The highest BCUT2D eigenvalue weighted by Crippen LogP contribution is 2.46. The van der Waals surface area contributed by atoms with E-state index < -0.39 is 0 Å². The number of hydrogen-bond acceptors (Lipinski definition) is 3. The van der Waals surface area contributed by atoms with Gasteiger partial charge in [0, 0.05) is 10.9 Å². The lowest BCUT2D eigenvalue weighted by Gasteiger charge is -2.42. The molecule has 0 saturated heterocycles. The molecule has 1 aromatic carbocycles. The van der Waals surface area contributed by atoms with Crippen molar-refractivity contribution in [2.75, 3.05) is 6.54 Å². The Balaban J connectivity index is 1.71. The fraction of sp³-hybridized carbons (Fsp3) is 0.654. The topological polar surface area (TPSA) is 38.9 Å². The summed E-state index contributed by atoms with van der Waals surface area (Å²) < 4.78 is 0. The Morgan fingerprint density at radius 3 is 2.45 bits per heavy atom. The molecule has 0 saturated carbocycles. The maximum atomic E-state index is 5.78. The molecule has 0 bridgehead atoms. The summed E-state index contributed by atoms with van der Waals surface area (Å²) in [7, 11) is 0. The van der Waals surface area contributed by atoms with Gasteiger partial charge < -0.3 is 5.73 Å². The third-order valence-electron chi connectivity index (χ3n) is 6.98. The highest BCUT2D eigenvalue weighted by atomic mass is 32.1. The van der Waals surface area contributed by atoms with Crippen molar-refractivity contribution in [1.29, 1.82) is 0 Å². The van der Waals surface area contributed by atoms with Crippen LogP contribution in [0.3, 0.4) is 0 Å². The second kappa shape index (κ2) is 9.31. The van der Waals surface area contributed by atoms with E-state index in [4.69, 9.17) is 10.7 Å². The molecule has 1 unspecified atom stereocenters. The average Bonchev–Trinajstić information content (AvgIpc) is 3.15. The minimum atomic E-state index is 0.247. The summed E-state index contributed by atoms with van der Waals surface area (Å²) in [6, 6.07) is 7.08. The van der Waals surface area contributed by atoms with Crippen LogP contribution in [0.5, 0.6) is 0 Å². The minimum absolute atomic E-state index is 0.247. The SMILES string of the molecule is CCCC(CCN)CCCc1nc(-c2ccc3c(c2)C(C)(C)CCC3(C)C)cs1. The van der Waals surface area contributed by atoms with Gasteiger partial charge in [-0.3, -0.25) is 0 Å². The van der Waals surface area contributed by atoms with Gasteiger partial charge in [-0.1, -0.05) is 59.6 Å². The van der Waals surface area contributed by atoms with Crippen LogP contribution in [0.15, 0.2) is 23.6 Å². The molecule has 2 aromatic rings. The van der Waals surface area contributed by atoms with Gasteiger partial charge in [0.1, 0.15) is 0 Å². The van der Waals surface area contributed by atoms with Crippen molar-refractivity contribution in [2.24, 2.45) is 11.7 Å². The molecule has 29 heavy (non-hydrogen) atoms. The zero-order valence-corrected chi connectivity index (χ0v) is 20.0. The Labute approximate surface area is 182 Å². The number of aromatic nitrogens is 1. The van der Waals surface area contributed by atoms with E-state index in [9.17, 15) is 0 Å². The number of fused-ring (bicyclic) bond motifs is 1. The monoisotopic (exact) mass is 412 g/mol. The van der Waals surface area contributed by atoms with Gasteiger partial charge in [0.2, 0.25) is 0 Å².